The molecule has 4 rings (SSSR count). The number of benzene rings is 1. The van der Waals surface area contributed by atoms with E-state index < -0.39 is 12.2 Å². The van der Waals surface area contributed by atoms with Crippen LogP contribution in [0.3, 0.4) is 0 Å². The van der Waals surface area contributed by atoms with Crippen molar-refractivity contribution in [2.45, 2.75) is 57.4 Å². The van der Waals surface area contributed by atoms with E-state index in [2.05, 4.69) is 5.32 Å². The molecular formula is C21H29N5O3. The van der Waals surface area contributed by atoms with E-state index in [1.807, 2.05) is 35.2 Å². The molecule has 1 aromatic carbocycles. The summed E-state index contributed by atoms with van der Waals surface area (Å²) in [5.41, 5.74) is 1.01. The average molecular weight is 399 g/mol. The third kappa shape index (κ3) is 3.69. The van der Waals surface area contributed by atoms with Gasteiger partial charge >= 0.3 is 6.03 Å². The fourth-order valence-electron chi connectivity index (χ4n) is 4.82. The van der Waals surface area contributed by atoms with Gasteiger partial charge in [0.15, 0.2) is 0 Å². The van der Waals surface area contributed by atoms with E-state index in [1.165, 1.54) is 0 Å². The molecule has 0 radical (unpaired) electrons. The zero-order valence-electron chi connectivity index (χ0n) is 17.1. The second-order valence-corrected chi connectivity index (χ2v) is 8.19. The Balaban J connectivity index is 1.54. The summed E-state index contributed by atoms with van der Waals surface area (Å²) < 4.78 is 0. The molecule has 156 valence electrons. The van der Waals surface area contributed by atoms with Crippen LogP contribution in [0.1, 0.15) is 38.2 Å². The zero-order valence-corrected chi connectivity index (χ0v) is 17.1. The van der Waals surface area contributed by atoms with Crippen molar-refractivity contribution >= 4 is 17.8 Å². The molecule has 0 spiro atoms. The molecule has 3 fully saturated rings. The molecule has 2 aliphatic heterocycles. The maximum absolute atomic E-state index is 13.1. The van der Waals surface area contributed by atoms with E-state index in [0.717, 1.165) is 31.2 Å². The van der Waals surface area contributed by atoms with Gasteiger partial charge in [0.2, 0.25) is 11.8 Å². The van der Waals surface area contributed by atoms with Gasteiger partial charge in [0, 0.05) is 19.6 Å². The lowest BCUT2D eigenvalue weighted by atomic mass is 10.0. The molecule has 0 bridgehead atoms. The van der Waals surface area contributed by atoms with Crippen LogP contribution in [-0.4, -0.2) is 76.0 Å². The molecule has 8 nitrogen and oxygen atoms in total. The van der Waals surface area contributed by atoms with E-state index in [9.17, 15) is 14.4 Å². The molecule has 0 unspecified atom stereocenters. The number of urea groups is 1. The third-order valence-electron chi connectivity index (χ3n) is 6.30. The first-order chi connectivity index (χ1) is 14.0. The molecule has 29 heavy (non-hydrogen) atoms. The number of hydrogen-bond donors (Lipinski definition) is 1. The molecule has 2 heterocycles. The van der Waals surface area contributed by atoms with Gasteiger partial charge < -0.3 is 15.1 Å². The largest absolute Gasteiger partial charge is 0.334 e. The summed E-state index contributed by atoms with van der Waals surface area (Å²) in [6.45, 7) is 2.63. The van der Waals surface area contributed by atoms with Gasteiger partial charge in [-0.25, -0.2) is 14.8 Å². The Labute approximate surface area is 171 Å². The summed E-state index contributed by atoms with van der Waals surface area (Å²) in [6, 6.07) is 9.12. The number of hydrogen-bond acceptors (Lipinski definition) is 4. The van der Waals surface area contributed by atoms with Crippen LogP contribution in [0.25, 0.3) is 0 Å². The minimum Gasteiger partial charge on any atom is -0.334 e. The highest BCUT2D eigenvalue weighted by Gasteiger charge is 2.50. The number of likely N-dealkylation sites (N-methyl/N-ethyl adjacent to an activating group) is 1. The summed E-state index contributed by atoms with van der Waals surface area (Å²) in [4.78, 5) is 42.3. The lowest BCUT2D eigenvalue weighted by molar-refractivity contribution is -0.187. The first kappa shape index (κ1) is 19.7. The van der Waals surface area contributed by atoms with Gasteiger partial charge in [-0.15, -0.1) is 0 Å². The maximum atomic E-state index is 13.1. The van der Waals surface area contributed by atoms with Crippen molar-refractivity contribution in [1.29, 1.82) is 0 Å². The summed E-state index contributed by atoms with van der Waals surface area (Å²) in [6.07, 6.45) is 3.75. The predicted molar refractivity (Wildman–Crippen MR) is 107 cm³/mol. The second kappa shape index (κ2) is 8.02. The maximum Gasteiger partial charge on any atom is 0.334 e. The third-order valence-corrected chi connectivity index (χ3v) is 6.30. The fraction of sp³-hybridized carbons (Fsp3) is 0.571. The van der Waals surface area contributed by atoms with Crippen LogP contribution in [0.5, 0.6) is 0 Å². The van der Waals surface area contributed by atoms with Gasteiger partial charge in [-0.2, -0.15) is 0 Å². The Kier molecular flexibility index (Phi) is 5.45. The number of piperazine rings is 1. The van der Waals surface area contributed by atoms with Crippen LogP contribution in [0.2, 0.25) is 0 Å². The molecule has 0 aromatic heterocycles. The lowest BCUT2D eigenvalue weighted by Gasteiger charge is -2.54. The average Bonchev–Trinajstić information content (AvgIpc) is 3.24. The highest BCUT2D eigenvalue weighted by molar-refractivity contribution is 5.91. The highest BCUT2D eigenvalue weighted by Crippen LogP contribution is 2.31. The molecule has 1 saturated carbocycles. The summed E-state index contributed by atoms with van der Waals surface area (Å²) in [5.74, 6) is -0.118. The highest BCUT2D eigenvalue weighted by atomic mass is 16.2. The van der Waals surface area contributed by atoms with Crippen molar-refractivity contribution in [3.63, 3.8) is 0 Å². The van der Waals surface area contributed by atoms with Crippen LogP contribution < -0.4 is 5.32 Å². The summed E-state index contributed by atoms with van der Waals surface area (Å²) in [5, 5.41) is 6.23. The molecular weight excluding hydrogens is 370 g/mol. The molecule has 3 aliphatic rings. The standard InChI is InChI=1S/C21H29N5O3/c1-15-20(28)24(17-10-6-7-11-17)13-18-25(15)19(27)14-23(2)26(18)21(29)22-12-16-8-4-3-5-9-16/h3-5,8-9,15,17-18H,6-7,10-14H2,1-2H3,(H,22,29)/t15-,18-/m0/s1. The second-order valence-electron chi connectivity index (χ2n) is 8.19. The number of amides is 4. The number of hydrazine groups is 1. The van der Waals surface area contributed by atoms with Gasteiger partial charge in [0.25, 0.3) is 0 Å². The van der Waals surface area contributed by atoms with Crippen molar-refractivity contribution in [1.82, 2.24) is 25.1 Å². The molecule has 1 aromatic rings. The normalized spacial score (nSPS) is 26.1. The van der Waals surface area contributed by atoms with Crippen LogP contribution in [0, 0.1) is 0 Å². The molecule has 1 aliphatic carbocycles. The van der Waals surface area contributed by atoms with E-state index in [4.69, 9.17) is 0 Å². The Morgan fingerprint density at radius 3 is 2.52 bits per heavy atom. The number of rotatable bonds is 3. The van der Waals surface area contributed by atoms with E-state index in [-0.39, 0.29) is 30.4 Å². The van der Waals surface area contributed by atoms with Gasteiger partial charge in [-0.1, -0.05) is 43.2 Å². The Morgan fingerprint density at radius 2 is 1.83 bits per heavy atom. The number of carbonyl (C=O) groups is 3. The van der Waals surface area contributed by atoms with Crippen LogP contribution in [0.15, 0.2) is 30.3 Å². The number of fused-ring (bicyclic) bond motifs is 1. The van der Waals surface area contributed by atoms with E-state index in [0.29, 0.717) is 13.1 Å². The van der Waals surface area contributed by atoms with Crippen molar-refractivity contribution < 1.29 is 14.4 Å². The SMILES string of the molecule is C[C@H]1C(=O)N(C2CCCC2)C[C@H]2N1C(=O)CN(C)N2C(=O)NCc1ccccc1. The van der Waals surface area contributed by atoms with Gasteiger partial charge in [0.05, 0.1) is 13.1 Å². The van der Waals surface area contributed by atoms with Crippen molar-refractivity contribution in [3.05, 3.63) is 35.9 Å². The first-order valence-electron chi connectivity index (χ1n) is 10.4. The molecule has 1 N–H and O–H groups in total. The first-order valence-corrected chi connectivity index (χ1v) is 10.4. The van der Waals surface area contributed by atoms with E-state index >= 15 is 0 Å². The molecule has 2 atom stereocenters. The van der Waals surface area contributed by atoms with Gasteiger partial charge in [-0.05, 0) is 25.3 Å². The minimum absolute atomic E-state index is 0.00398. The smallest absolute Gasteiger partial charge is 0.334 e. The Hall–Kier alpha value is -2.61. The lowest BCUT2D eigenvalue weighted by Crippen LogP contribution is -2.76. The molecule has 8 heteroatoms. The predicted octanol–water partition coefficient (Wildman–Crippen LogP) is 1.39. The van der Waals surface area contributed by atoms with Crippen molar-refractivity contribution in [3.8, 4) is 0 Å². The number of nitrogens with zero attached hydrogens (tertiary/aromatic N) is 4. The number of carbonyl (C=O) groups excluding carboxylic acids is 3. The Bertz CT molecular complexity index is 780. The van der Waals surface area contributed by atoms with Crippen molar-refractivity contribution in [2.24, 2.45) is 0 Å². The quantitative estimate of drug-likeness (QED) is 0.833. The monoisotopic (exact) mass is 399 g/mol. The zero-order chi connectivity index (χ0) is 20.5. The summed E-state index contributed by atoms with van der Waals surface area (Å²) >= 11 is 0. The minimum atomic E-state index is -0.556. The molecule has 2 saturated heterocycles. The number of nitrogens with one attached hydrogen (secondary N) is 1. The van der Waals surface area contributed by atoms with Crippen LogP contribution >= 0.6 is 0 Å². The van der Waals surface area contributed by atoms with Gasteiger partial charge in [0.1, 0.15) is 12.2 Å². The van der Waals surface area contributed by atoms with E-state index in [1.54, 1.807) is 28.9 Å². The van der Waals surface area contributed by atoms with Gasteiger partial charge in [-0.3, -0.25) is 9.59 Å². The molecule has 4 amide bonds. The van der Waals surface area contributed by atoms with Crippen molar-refractivity contribution in [2.75, 3.05) is 20.1 Å². The van der Waals surface area contributed by atoms with Crippen LogP contribution in [-0.2, 0) is 16.1 Å². The topological polar surface area (TPSA) is 76.2 Å². The van der Waals surface area contributed by atoms with Crippen LogP contribution in [0.4, 0.5) is 4.79 Å². The fourth-order valence-corrected chi connectivity index (χ4v) is 4.82. The Morgan fingerprint density at radius 1 is 1.14 bits per heavy atom. The summed E-state index contributed by atoms with van der Waals surface area (Å²) in [7, 11) is 1.75.